The van der Waals surface area contributed by atoms with Crippen molar-refractivity contribution in [1.29, 1.82) is 0 Å². The zero-order valence-corrected chi connectivity index (χ0v) is 14.1. The van der Waals surface area contributed by atoms with Crippen LogP contribution in [0.2, 0.25) is 10.0 Å². The fourth-order valence-electron chi connectivity index (χ4n) is 2.72. The molecule has 118 valence electrons. The maximum Gasteiger partial charge on any atom is 0.142 e. The molecule has 3 nitrogen and oxygen atoms in total. The molecule has 2 heterocycles. The van der Waals surface area contributed by atoms with Gasteiger partial charge in [-0.15, -0.1) is 0 Å². The summed E-state index contributed by atoms with van der Waals surface area (Å²) < 4.78 is 2.02. The third-order valence-electron chi connectivity index (χ3n) is 3.81. The van der Waals surface area contributed by atoms with E-state index >= 15 is 0 Å². The van der Waals surface area contributed by atoms with Crippen LogP contribution in [0.1, 0.15) is 0 Å². The summed E-state index contributed by atoms with van der Waals surface area (Å²) in [5.41, 5.74) is 2.65. The van der Waals surface area contributed by atoms with Gasteiger partial charge >= 0.3 is 0 Å². The summed E-state index contributed by atoms with van der Waals surface area (Å²) in [6.45, 7) is 0. The molecule has 0 bridgehead atoms. The number of pyridine rings is 1. The van der Waals surface area contributed by atoms with Crippen molar-refractivity contribution in [2.45, 2.75) is 0 Å². The highest BCUT2D eigenvalue weighted by atomic mass is 35.5. The minimum Gasteiger partial charge on any atom is -0.293 e. The van der Waals surface area contributed by atoms with Crippen LogP contribution in [0.25, 0.3) is 5.65 Å². The predicted octanol–water partition coefficient (Wildman–Crippen LogP) is 6.11. The third kappa shape index (κ3) is 2.52. The van der Waals surface area contributed by atoms with Gasteiger partial charge < -0.3 is 0 Å². The van der Waals surface area contributed by atoms with Crippen LogP contribution in [0.3, 0.4) is 0 Å². The fourth-order valence-corrected chi connectivity index (χ4v) is 3.10. The second-order valence-corrected chi connectivity index (χ2v) is 6.07. The number of hydrogen-bond acceptors (Lipinski definition) is 2. The van der Waals surface area contributed by atoms with Crippen molar-refractivity contribution in [2.24, 2.45) is 0 Å². The average molecular weight is 354 g/mol. The molecule has 0 aliphatic carbocycles. The number of para-hydroxylation sites is 1. The Balaban J connectivity index is 2.00. The number of anilines is 3. The van der Waals surface area contributed by atoms with Gasteiger partial charge in [0, 0.05) is 11.9 Å². The van der Waals surface area contributed by atoms with E-state index in [0.29, 0.717) is 10.0 Å². The van der Waals surface area contributed by atoms with Crippen LogP contribution >= 0.6 is 23.2 Å². The minimum absolute atomic E-state index is 0.508. The molecule has 0 amide bonds. The fraction of sp³-hybridized carbons (Fsp3) is 0. The Morgan fingerprint density at radius 1 is 0.833 bits per heavy atom. The maximum atomic E-state index is 6.50. The van der Waals surface area contributed by atoms with Crippen molar-refractivity contribution >= 4 is 46.0 Å². The van der Waals surface area contributed by atoms with E-state index < -0.39 is 0 Å². The Hall–Kier alpha value is -2.49. The second-order valence-electron chi connectivity index (χ2n) is 5.29. The summed E-state index contributed by atoms with van der Waals surface area (Å²) in [5.74, 6) is 0.890. The molecule has 0 aliphatic rings. The molecule has 2 aromatic heterocycles. The molecule has 0 radical (unpaired) electrons. The Labute approximate surface area is 149 Å². The summed E-state index contributed by atoms with van der Waals surface area (Å²) in [6, 6.07) is 21.5. The van der Waals surface area contributed by atoms with Crippen molar-refractivity contribution in [2.75, 3.05) is 4.90 Å². The number of aromatic nitrogens is 2. The number of imidazole rings is 1. The van der Waals surface area contributed by atoms with Crippen LogP contribution in [0.15, 0.2) is 79.1 Å². The third-order valence-corrected chi connectivity index (χ3v) is 4.62. The molecule has 0 unspecified atom stereocenters. The first-order chi connectivity index (χ1) is 11.8. The lowest BCUT2D eigenvalue weighted by Gasteiger charge is -2.25. The lowest BCUT2D eigenvalue weighted by molar-refractivity contribution is 1.12. The van der Waals surface area contributed by atoms with E-state index in [-0.39, 0.29) is 0 Å². The zero-order chi connectivity index (χ0) is 16.5. The van der Waals surface area contributed by atoms with Gasteiger partial charge in [-0.05, 0) is 36.4 Å². The van der Waals surface area contributed by atoms with E-state index in [1.807, 2.05) is 82.4 Å². The smallest absolute Gasteiger partial charge is 0.142 e. The molecule has 24 heavy (non-hydrogen) atoms. The molecule has 0 saturated heterocycles. The molecule has 5 heteroatoms. The van der Waals surface area contributed by atoms with E-state index in [1.54, 1.807) is 6.07 Å². The van der Waals surface area contributed by atoms with Gasteiger partial charge in [-0.25, -0.2) is 4.98 Å². The van der Waals surface area contributed by atoms with Crippen LogP contribution < -0.4 is 4.90 Å². The number of fused-ring (bicyclic) bond motifs is 1. The molecule has 4 aromatic rings. The number of nitrogens with zero attached hydrogens (tertiary/aromatic N) is 3. The van der Waals surface area contributed by atoms with Gasteiger partial charge in [-0.2, -0.15) is 0 Å². The number of benzene rings is 2. The van der Waals surface area contributed by atoms with Gasteiger partial charge in [-0.1, -0.05) is 53.5 Å². The lowest BCUT2D eigenvalue weighted by Crippen LogP contribution is -2.12. The largest absolute Gasteiger partial charge is 0.293 e. The van der Waals surface area contributed by atoms with E-state index in [2.05, 4.69) is 4.98 Å². The van der Waals surface area contributed by atoms with Crippen LogP contribution in [-0.2, 0) is 0 Å². The zero-order valence-electron chi connectivity index (χ0n) is 12.6. The van der Waals surface area contributed by atoms with Crippen LogP contribution in [0.5, 0.6) is 0 Å². The first kappa shape index (κ1) is 15.1. The van der Waals surface area contributed by atoms with Gasteiger partial charge in [0.05, 0.1) is 21.9 Å². The summed E-state index contributed by atoms with van der Waals surface area (Å²) in [6.07, 6.45) is 3.81. The standard InChI is InChI=1S/C19H13Cl2N3/c20-15-9-6-10-16(19(15)21)24(14-7-2-1-3-8-14)18-13-22-17-11-4-5-12-23(17)18/h1-13H. The predicted molar refractivity (Wildman–Crippen MR) is 99.9 cm³/mol. The number of hydrogen-bond donors (Lipinski definition) is 0. The highest BCUT2D eigenvalue weighted by Crippen LogP contribution is 2.41. The molecule has 0 saturated carbocycles. The Bertz CT molecular complexity index is 996. The van der Waals surface area contributed by atoms with Crippen LogP contribution in [0.4, 0.5) is 17.2 Å². The molecule has 0 N–H and O–H groups in total. The molecule has 0 atom stereocenters. The Morgan fingerprint density at radius 2 is 1.62 bits per heavy atom. The topological polar surface area (TPSA) is 20.5 Å². The van der Waals surface area contributed by atoms with Crippen LogP contribution in [-0.4, -0.2) is 9.38 Å². The molecule has 2 aromatic carbocycles. The highest BCUT2D eigenvalue weighted by Gasteiger charge is 2.19. The Morgan fingerprint density at radius 3 is 2.46 bits per heavy atom. The molecule has 0 aliphatic heterocycles. The number of halogens is 2. The second kappa shape index (κ2) is 6.19. The molecule has 0 spiro atoms. The van der Waals surface area contributed by atoms with Gasteiger partial charge in [-0.3, -0.25) is 9.30 Å². The number of rotatable bonds is 3. The normalized spacial score (nSPS) is 10.9. The summed E-state index contributed by atoms with van der Waals surface area (Å²) in [5, 5.41) is 1.03. The highest BCUT2D eigenvalue weighted by molar-refractivity contribution is 6.43. The van der Waals surface area contributed by atoms with E-state index in [4.69, 9.17) is 23.2 Å². The van der Waals surface area contributed by atoms with Gasteiger partial charge in [0.2, 0.25) is 0 Å². The van der Waals surface area contributed by atoms with Gasteiger partial charge in [0.1, 0.15) is 11.5 Å². The quantitative estimate of drug-likeness (QED) is 0.442. The first-order valence-corrected chi connectivity index (χ1v) is 8.22. The lowest BCUT2D eigenvalue weighted by atomic mass is 10.2. The summed E-state index contributed by atoms with van der Waals surface area (Å²) >= 11 is 12.7. The molecule has 4 rings (SSSR count). The van der Waals surface area contributed by atoms with Crippen molar-refractivity contribution < 1.29 is 0 Å². The summed E-state index contributed by atoms with van der Waals surface area (Å²) in [7, 11) is 0. The summed E-state index contributed by atoms with van der Waals surface area (Å²) in [4.78, 5) is 6.54. The monoisotopic (exact) mass is 353 g/mol. The van der Waals surface area contributed by atoms with Crippen molar-refractivity contribution in [3.63, 3.8) is 0 Å². The van der Waals surface area contributed by atoms with Crippen LogP contribution in [0, 0.1) is 0 Å². The van der Waals surface area contributed by atoms with Crippen molar-refractivity contribution in [3.8, 4) is 0 Å². The SMILES string of the molecule is Clc1cccc(N(c2ccccc2)c2cnc3ccccn23)c1Cl. The molecule has 0 fully saturated rings. The average Bonchev–Trinajstić information content (AvgIpc) is 3.04. The van der Waals surface area contributed by atoms with E-state index in [0.717, 1.165) is 22.8 Å². The van der Waals surface area contributed by atoms with E-state index in [9.17, 15) is 0 Å². The van der Waals surface area contributed by atoms with Crippen molar-refractivity contribution in [3.05, 3.63) is 89.2 Å². The Kier molecular flexibility index (Phi) is 3.89. The molecular formula is C19H13Cl2N3. The van der Waals surface area contributed by atoms with Gasteiger partial charge in [0.15, 0.2) is 0 Å². The maximum absolute atomic E-state index is 6.50. The first-order valence-electron chi connectivity index (χ1n) is 7.47. The minimum atomic E-state index is 0.508. The van der Waals surface area contributed by atoms with Crippen molar-refractivity contribution in [1.82, 2.24) is 9.38 Å². The van der Waals surface area contributed by atoms with E-state index in [1.165, 1.54) is 0 Å². The van der Waals surface area contributed by atoms with Gasteiger partial charge in [0.25, 0.3) is 0 Å². The molecular weight excluding hydrogens is 341 g/mol.